The second-order valence-corrected chi connectivity index (χ2v) is 5.65. The first-order valence-corrected chi connectivity index (χ1v) is 6.79. The Morgan fingerprint density at radius 2 is 1.88 bits per heavy atom. The van der Waals surface area contributed by atoms with E-state index >= 15 is 0 Å². The summed E-state index contributed by atoms with van der Waals surface area (Å²) in [6.07, 6.45) is 5.69. The van der Waals surface area contributed by atoms with Crippen molar-refractivity contribution < 1.29 is 4.74 Å². The summed E-state index contributed by atoms with van der Waals surface area (Å²) in [5, 5.41) is 3.63. The lowest BCUT2D eigenvalue weighted by Gasteiger charge is -2.28. The van der Waals surface area contributed by atoms with Crippen molar-refractivity contribution in [2.24, 2.45) is 5.41 Å². The van der Waals surface area contributed by atoms with Crippen LogP contribution in [0, 0.1) is 5.41 Å². The largest absolute Gasteiger partial charge is 0.379 e. The monoisotopic (exact) mass is 226 g/mol. The summed E-state index contributed by atoms with van der Waals surface area (Å²) in [7, 11) is 0. The second kappa shape index (κ2) is 5.99. The Morgan fingerprint density at radius 1 is 1.19 bits per heavy atom. The van der Waals surface area contributed by atoms with E-state index in [0.717, 1.165) is 32.8 Å². The quantitative estimate of drug-likeness (QED) is 0.719. The molecule has 0 bridgehead atoms. The molecule has 1 heterocycles. The third kappa shape index (κ3) is 3.72. The summed E-state index contributed by atoms with van der Waals surface area (Å²) in [4.78, 5) is 2.49. The van der Waals surface area contributed by atoms with Crippen LogP contribution in [0.15, 0.2) is 0 Å². The molecule has 1 saturated carbocycles. The Kier molecular flexibility index (Phi) is 4.62. The van der Waals surface area contributed by atoms with E-state index in [4.69, 9.17) is 4.74 Å². The van der Waals surface area contributed by atoms with Crippen molar-refractivity contribution in [3.63, 3.8) is 0 Å². The predicted octanol–water partition coefficient (Wildman–Crippen LogP) is 1.49. The van der Waals surface area contributed by atoms with E-state index in [2.05, 4.69) is 17.1 Å². The van der Waals surface area contributed by atoms with Crippen molar-refractivity contribution in [2.45, 2.75) is 32.6 Å². The van der Waals surface area contributed by atoms with Crippen LogP contribution in [0.3, 0.4) is 0 Å². The number of hydrogen-bond donors (Lipinski definition) is 1. The molecule has 1 aliphatic carbocycles. The topological polar surface area (TPSA) is 24.5 Å². The van der Waals surface area contributed by atoms with Crippen molar-refractivity contribution in [1.29, 1.82) is 0 Å². The predicted molar refractivity (Wildman–Crippen MR) is 66.7 cm³/mol. The number of nitrogens with one attached hydrogen (secondary N) is 1. The fourth-order valence-corrected chi connectivity index (χ4v) is 2.86. The van der Waals surface area contributed by atoms with Crippen molar-refractivity contribution in [3.8, 4) is 0 Å². The van der Waals surface area contributed by atoms with E-state index in [0.29, 0.717) is 5.41 Å². The van der Waals surface area contributed by atoms with Crippen LogP contribution in [0.5, 0.6) is 0 Å². The summed E-state index contributed by atoms with van der Waals surface area (Å²) >= 11 is 0. The zero-order valence-electron chi connectivity index (χ0n) is 10.6. The van der Waals surface area contributed by atoms with Crippen LogP contribution >= 0.6 is 0 Å². The maximum absolute atomic E-state index is 5.34. The minimum absolute atomic E-state index is 0.588. The molecule has 0 aromatic heterocycles. The molecule has 1 saturated heterocycles. The molecule has 16 heavy (non-hydrogen) atoms. The average molecular weight is 226 g/mol. The summed E-state index contributed by atoms with van der Waals surface area (Å²) in [6, 6.07) is 0. The summed E-state index contributed by atoms with van der Waals surface area (Å²) < 4.78 is 5.34. The Hall–Kier alpha value is -0.120. The van der Waals surface area contributed by atoms with Gasteiger partial charge in [0.05, 0.1) is 13.2 Å². The van der Waals surface area contributed by atoms with Gasteiger partial charge in [-0.3, -0.25) is 4.90 Å². The van der Waals surface area contributed by atoms with Gasteiger partial charge in [0.1, 0.15) is 0 Å². The molecule has 1 N–H and O–H groups in total. The smallest absolute Gasteiger partial charge is 0.0594 e. The van der Waals surface area contributed by atoms with E-state index in [1.807, 2.05) is 0 Å². The molecule has 0 amide bonds. The van der Waals surface area contributed by atoms with Gasteiger partial charge in [-0.05, 0) is 18.3 Å². The lowest BCUT2D eigenvalue weighted by Crippen LogP contribution is -2.41. The normalized spacial score (nSPS) is 26.1. The van der Waals surface area contributed by atoms with Crippen LogP contribution < -0.4 is 5.32 Å². The van der Waals surface area contributed by atoms with Gasteiger partial charge < -0.3 is 10.1 Å². The molecule has 3 nitrogen and oxygen atoms in total. The highest BCUT2D eigenvalue weighted by Gasteiger charge is 2.27. The molecule has 0 spiro atoms. The van der Waals surface area contributed by atoms with Crippen molar-refractivity contribution >= 4 is 0 Å². The molecular weight excluding hydrogens is 200 g/mol. The first-order chi connectivity index (χ1) is 7.79. The van der Waals surface area contributed by atoms with Gasteiger partial charge in [0.25, 0.3) is 0 Å². The molecule has 0 aromatic carbocycles. The van der Waals surface area contributed by atoms with Crippen LogP contribution in [0.1, 0.15) is 32.6 Å². The second-order valence-electron chi connectivity index (χ2n) is 5.65. The highest BCUT2D eigenvalue weighted by atomic mass is 16.5. The Morgan fingerprint density at radius 3 is 2.56 bits per heavy atom. The molecule has 2 rings (SSSR count). The zero-order valence-corrected chi connectivity index (χ0v) is 10.6. The molecule has 0 aromatic rings. The minimum atomic E-state index is 0.588. The number of morpholine rings is 1. The fraction of sp³-hybridized carbons (Fsp3) is 1.00. The van der Waals surface area contributed by atoms with Crippen LogP contribution in [0.4, 0.5) is 0 Å². The highest BCUT2D eigenvalue weighted by molar-refractivity contribution is 4.82. The molecule has 2 aliphatic rings. The van der Waals surface area contributed by atoms with Gasteiger partial charge in [0, 0.05) is 32.7 Å². The van der Waals surface area contributed by atoms with Crippen molar-refractivity contribution in [2.75, 3.05) is 45.9 Å². The maximum Gasteiger partial charge on any atom is 0.0594 e. The number of hydrogen-bond acceptors (Lipinski definition) is 3. The summed E-state index contributed by atoms with van der Waals surface area (Å²) in [6.45, 7) is 10.0. The minimum Gasteiger partial charge on any atom is -0.379 e. The molecular formula is C13H26N2O. The third-order valence-electron chi connectivity index (χ3n) is 4.07. The van der Waals surface area contributed by atoms with Crippen LogP contribution in [0.25, 0.3) is 0 Å². The lowest BCUT2D eigenvalue weighted by atomic mass is 9.89. The Balaban J connectivity index is 1.54. The summed E-state index contributed by atoms with van der Waals surface area (Å²) in [5.74, 6) is 0. The van der Waals surface area contributed by atoms with Crippen LogP contribution in [0.2, 0.25) is 0 Å². The number of nitrogens with zero attached hydrogens (tertiary/aromatic N) is 1. The van der Waals surface area contributed by atoms with Crippen LogP contribution in [-0.2, 0) is 4.74 Å². The van der Waals surface area contributed by atoms with Crippen molar-refractivity contribution in [1.82, 2.24) is 10.2 Å². The van der Waals surface area contributed by atoms with Gasteiger partial charge in [-0.1, -0.05) is 19.8 Å². The van der Waals surface area contributed by atoms with E-state index < -0.39 is 0 Å². The Labute approximate surface area is 99.5 Å². The van der Waals surface area contributed by atoms with Gasteiger partial charge in [0.2, 0.25) is 0 Å². The molecule has 0 radical (unpaired) electrons. The Bertz CT molecular complexity index is 196. The zero-order chi connectivity index (χ0) is 11.3. The molecule has 94 valence electrons. The van der Waals surface area contributed by atoms with Gasteiger partial charge in [-0.2, -0.15) is 0 Å². The highest BCUT2D eigenvalue weighted by Crippen LogP contribution is 2.36. The van der Waals surface area contributed by atoms with Gasteiger partial charge >= 0.3 is 0 Å². The van der Waals surface area contributed by atoms with E-state index in [1.54, 1.807) is 0 Å². The first kappa shape index (κ1) is 12.3. The van der Waals surface area contributed by atoms with E-state index in [9.17, 15) is 0 Å². The summed E-state index contributed by atoms with van der Waals surface area (Å²) in [5.41, 5.74) is 0.588. The number of ether oxygens (including phenoxy) is 1. The van der Waals surface area contributed by atoms with E-state index in [-0.39, 0.29) is 0 Å². The lowest BCUT2D eigenvalue weighted by molar-refractivity contribution is 0.0381. The first-order valence-electron chi connectivity index (χ1n) is 6.79. The van der Waals surface area contributed by atoms with E-state index in [1.165, 1.54) is 38.8 Å². The van der Waals surface area contributed by atoms with Gasteiger partial charge in [-0.15, -0.1) is 0 Å². The molecule has 0 atom stereocenters. The average Bonchev–Trinajstić information content (AvgIpc) is 2.74. The standard InChI is InChI=1S/C13H26N2O/c1-13(4-2-3-5-13)12-14-6-7-15-8-10-16-11-9-15/h14H,2-12H2,1H3. The fourth-order valence-electron chi connectivity index (χ4n) is 2.86. The van der Waals surface area contributed by atoms with Gasteiger partial charge in [0.15, 0.2) is 0 Å². The molecule has 0 unspecified atom stereocenters. The van der Waals surface area contributed by atoms with Crippen LogP contribution in [-0.4, -0.2) is 50.8 Å². The SMILES string of the molecule is CC1(CNCCN2CCOCC2)CCCC1. The number of rotatable bonds is 5. The molecule has 2 fully saturated rings. The van der Waals surface area contributed by atoms with Gasteiger partial charge in [-0.25, -0.2) is 0 Å². The molecule has 3 heteroatoms. The third-order valence-corrected chi connectivity index (χ3v) is 4.07. The maximum atomic E-state index is 5.34. The molecule has 1 aliphatic heterocycles. The van der Waals surface area contributed by atoms with Crippen molar-refractivity contribution in [3.05, 3.63) is 0 Å².